The van der Waals surface area contributed by atoms with Crippen LogP contribution in [0.15, 0.2) is 45.7 Å². The molecule has 28 heavy (non-hydrogen) atoms. The number of aromatic nitrogens is 2. The van der Waals surface area contributed by atoms with Gasteiger partial charge in [-0.15, -0.1) is 11.3 Å². The highest BCUT2D eigenvalue weighted by molar-refractivity contribution is 7.99. The van der Waals surface area contributed by atoms with Gasteiger partial charge in [0, 0.05) is 13.6 Å². The number of para-hydroxylation sites is 2. The maximum Gasteiger partial charge on any atom is 0.276 e. The Morgan fingerprint density at radius 2 is 2.11 bits per heavy atom. The molecule has 0 aliphatic heterocycles. The number of carbonyl (C=O) groups excluding carboxylic acids is 1. The van der Waals surface area contributed by atoms with Crippen LogP contribution >= 0.6 is 23.1 Å². The van der Waals surface area contributed by atoms with E-state index in [0.717, 1.165) is 19.4 Å². The van der Waals surface area contributed by atoms with Gasteiger partial charge in [0.1, 0.15) is 10.4 Å². The summed E-state index contributed by atoms with van der Waals surface area (Å²) >= 11 is 2.64. The fraction of sp³-hybridized carbons (Fsp3) is 0.350. The molecule has 8 heteroatoms. The molecule has 0 aliphatic carbocycles. The van der Waals surface area contributed by atoms with E-state index in [0.29, 0.717) is 26.8 Å². The number of thioether (sulfide) groups is 1. The third-order valence-electron chi connectivity index (χ3n) is 4.37. The molecule has 0 aliphatic rings. The molecule has 2 aromatic heterocycles. The van der Waals surface area contributed by atoms with Gasteiger partial charge in [-0.05, 0) is 30.0 Å². The predicted octanol–water partition coefficient (Wildman–Crippen LogP) is 3.81. The second kappa shape index (κ2) is 9.25. The van der Waals surface area contributed by atoms with Gasteiger partial charge in [-0.2, -0.15) is 0 Å². The molecule has 0 radical (unpaired) electrons. The van der Waals surface area contributed by atoms with E-state index in [9.17, 15) is 9.59 Å². The average molecular weight is 418 g/mol. The third kappa shape index (κ3) is 4.23. The standard InChI is InChI=1S/C20H23N3O3S2/c1-4-5-11-22(2)17(24)13-28-20-21-14-10-12-27-18(14)19(25)23(20)15-8-6-7-9-16(15)26-3/h6-10,12H,4-5,11,13H2,1-3H3. The lowest BCUT2D eigenvalue weighted by atomic mass is 10.3. The van der Waals surface area contributed by atoms with E-state index >= 15 is 0 Å². The number of hydrogen-bond donors (Lipinski definition) is 0. The van der Waals surface area contributed by atoms with Crippen LogP contribution in [0.1, 0.15) is 19.8 Å². The number of rotatable bonds is 8. The van der Waals surface area contributed by atoms with Gasteiger partial charge in [0.15, 0.2) is 5.16 Å². The number of nitrogens with zero attached hydrogens (tertiary/aromatic N) is 3. The summed E-state index contributed by atoms with van der Waals surface area (Å²) in [5.41, 5.74) is 1.11. The number of benzene rings is 1. The van der Waals surface area contributed by atoms with Crippen molar-refractivity contribution in [1.29, 1.82) is 0 Å². The zero-order valence-electron chi connectivity index (χ0n) is 16.2. The monoisotopic (exact) mass is 417 g/mol. The van der Waals surface area contributed by atoms with Crippen LogP contribution in [-0.2, 0) is 4.79 Å². The number of unbranched alkanes of at least 4 members (excludes halogenated alkanes) is 1. The number of amides is 1. The lowest BCUT2D eigenvalue weighted by Gasteiger charge is -2.18. The van der Waals surface area contributed by atoms with Crippen molar-refractivity contribution in [3.05, 3.63) is 46.1 Å². The highest BCUT2D eigenvalue weighted by atomic mass is 32.2. The molecule has 0 saturated carbocycles. The molecule has 1 amide bonds. The summed E-state index contributed by atoms with van der Waals surface area (Å²) in [5, 5.41) is 2.33. The highest BCUT2D eigenvalue weighted by Gasteiger charge is 2.18. The Labute approximate surface area is 172 Å². The van der Waals surface area contributed by atoms with Crippen molar-refractivity contribution in [2.45, 2.75) is 24.9 Å². The molecule has 3 aromatic rings. The summed E-state index contributed by atoms with van der Waals surface area (Å²) in [6.45, 7) is 2.82. The Balaban J connectivity index is 1.99. The summed E-state index contributed by atoms with van der Waals surface area (Å²) in [5.74, 6) is 0.817. The Kier molecular flexibility index (Phi) is 6.74. The van der Waals surface area contributed by atoms with Crippen LogP contribution in [0.3, 0.4) is 0 Å². The normalized spacial score (nSPS) is 11.0. The summed E-state index contributed by atoms with van der Waals surface area (Å²) in [6.07, 6.45) is 2.01. The minimum Gasteiger partial charge on any atom is -0.495 e. The zero-order valence-corrected chi connectivity index (χ0v) is 17.8. The summed E-state index contributed by atoms with van der Waals surface area (Å²) in [4.78, 5) is 32.0. The van der Waals surface area contributed by atoms with Gasteiger partial charge in [-0.25, -0.2) is 4.98 Å². The molecule has 0 fully saturated rings. The van der Waals surface area contributed by atoms with Crippen LogP contribution in [0.25, 0.3) is 15.9 Å². The minimum absolute atomic E-state index is 0.0182. The van der Waals surface area contributed by atoms with Gasteiger partial charge in [-0.1, -0.05) is 37.2 Å². The first-order chi connectivity index (χ1) is 13.6. The van der Waals surface area contributed by atoms with Crippen LogP contribution in [0.4, 0.5) is 0 Å². The maximum atomic E-state index is 13.2. The second-order valence-electron chi connectivity index (χ2n) is 6.30. The fourth-order valence-corrected chi connectivity index (χ4v) is 4.48. The van der Waals surface area contributed by atoms with Gasteiger partial charge in [0.2, 0.25) is 5.91 Å². The topological polar surface area (TPSA) is 64.4 Å². The number of fused-ring (bicyclic) bond motifs is 1. The van der Waals surface area contributed by atoms with Gasteiger partial charge >= 0.3 is 0 Å². The fourth-order valence-electron chi connectivity index (χ4n) is 2.77. The second-order valence-corrected chi connectivity index (χ2v) is 8.16. The van der Waals surface area contributed by atoms with Crippen molar-refractivity contribution in [3.63, 3.8) is 0 Å². The van der Waals surface area contributed by atoms with Crippen molar-refractivity contribution < 1.29 is 9.53 Å². The predicted molar refractivity (Wildman–Crippen MR) is 115 cm³/mol. The molecule has 0 atom stereocenters. The first kappa shape index (κ1) is 20.4. The average Bonchev–Trinajstić information content (AvgIpc) is 3.19. The van der Waals surface area contributed by atoms with E-state index < -0.39 is 0 Å². The SMILES string of the molecule is CCCCN(C)C(=O)CSc1nc2ccsc2c(=O)n1-c1ccccc1OC. The molecule has 0 spiro atoms. The van der Waals surface area contributed by atoms with Gasteiger partial charge in [0.05, 0.1) is 24.1 Å². The first-order valence-corrected chi connectivity index (χ1v) is 10.9. The molecule has 0 unspecified atom stereocenters. The largest absolute Gasteiger partial charge is 0.495 e. The summed E-state index contributed by atoms with van der Waals surface area (Å²) < 4.78 is 7.57. The molecule has 1 aromatic carbocycles. The number of ether oxygens (including phenoxy) is 1. The van der Waals surface area contributed by atoms with Gasteiger partial charge in [0.25, 0.3) is 5.56 Å². The Morgan fingerprint density at radius 3 is 2.86 bits per heavy atom. The molecule has 2 heterocycles. The van der Waals surface area contributed by atoms with Crippen LogP contribution in [0.2, 0.25) is 0 Å². The molecule has 0 saturated heterocycles. The third-order valence-corrected chi connectivity index (χ3v) is 6.19. The number of thiophene rings is 1. The first-order valence-electron chi connectivity index (χ1n) is 9.07. The van der Waals surface area contributed by atoms with Crippen molar-refractivity contribution in [2.24, 2.45) is 0 Å². The minimum atomic E-state index is -0.154. The lowest BCUT2D eigenvalue weighted by molar-refractivity contribution is -0.127. The van der Waals surface area contributed by atoms with E-state index in [1.807, 2.05) is 29.6 Å². The van der Waals surface area contributed by atoms with E-state index in [2.05, 4.69) is 11.9 Å². The van der Waals surface area contributed by atoms with E-state index in [1.54, 1.807) is 29.7 Å². The highest BCUT2D eigenvalue weighted by Crippen LogP contribution is 2.28. The number of carbonyl (C=O) groups is 1. The Bertz CT molecular complexity index is 1030. The molecule has 148 valence electrons. The number of methoxy groups -OCH3 is 1. The molecule has 0 N–H and O–H groups in total. The Hall–Kier alpha value is -2.32. The van der Waals surface area contributed by atoms with Crippen molar-refractivity contribution >= 4 is 39.2 Å². The van der Waals surface area contributed by atoms with Crippen molar-refractivity contribution in [1.82, 2.24) is 14.5 Å². The van der Waals surface area contributed by atoms with Crippen LogP contribution < -0.4 is 10.3 Å². The van der Waals surface area contributed by atoms with Crippen molar-refractivity contribution in [2.75, 3.05) is 26.5 Å². The molecular weight excluding hydrogens is 394 g/mol. The Morgan fingerprint density at radius 1 is 1.32 bits per heavy atom. The van der Waals surface area contributed by atoms with E-state index in [-0.39, 0.29) is 17.2 Å². The van der Waals surface area contributed by atoms with E-state index in [4.69, 9.17) is 4.74 Å². The molecule has 3 rings (SSSR count). The van der Waals surface area contributed by atoms with Gasteiger partial charge < -0.3 is 9.64 Å². The van der Waals surface area contributed by atoms with Crippen molar-refractivity contribution in [3.8, 4) is 11.4 Å². The van der Waals surface area contributed by atoms with Crippen LogP contribution in [0.5, 0.6) is 5.75 Å². The summed E-state index contributed by atoms with van der Waals surface area (Å²) in [7, 11) is 3.38. The molecular formula is C20H23N3O3S2. The summed E-state index contributed by atoms with van der Waals surface area (Å²) in [6, 6.07) is 9.15. The zero-order chi connectivity index (χ0) is 20.1. The molecule has 6 nitrogen and oxygen atoms in total. The van der Waals surface area contributed by atoms with Crippen LogP contribution in [0, 0.1) is 0 Å². The van der Waals surface area contributed by atoms with Crippen LogP contribution in [-0.4, -0.2) is 46.8 Å². The van der Waals surface area contributed by atoms with E-state index in [1.165, 1.54) is 23.1 Å². The smallest absolute Gasteiger partial charge is 0.276 e. The quantitative estimate of drug-likeness (QED) is 0.412. The molecule has 0 bridgehead atoms. The lowest BCUT2D eigenvalue weighted by Crippen LogP contribution is -2.29. The van der Waals surface area contributed by atoms with Gasteiger partial charge in [-0.3, -0.25) is 14.2 Å². The number of hydrogen-bond acceptors (Lipinski definition) is 6. The maximum absolute atomic E-state index is 13.2.